The summed E-state index contributed by atoms with van der Waals surface area (Å²) in [6, 6.07) is 24.6. The predicted molar refractivity (Wildman–Crippen MR) is 110 cm³/mol. The van der Waals surface area contributed by atoms with E-state index in [2.05, 4.69) is 15.9 Å². The number of hydrogen-bond acceptors (Lipinski definition) is 2. The lowest BCUT2D eigenvalue weighted by Gasteiger charge is -2.31. The Balaban J connectivity index is 1.86. The predicted octanol–water partition coefficient (Wildman–Crippen LogP) is 4.90. The Morgan fingerprint density at radius 2 is 1.56 bits per heavy atom. The lowest BCUT2D eigenvalue weighted by atomic mass is 9.93. The molecule has 3 aromatic rings. The van der Waals surface area contributed by atoms with Crippen LogP contribution in [0.25, 0.3) is 0 Å². The first-order valence-electron chi connectivity index (χ1n) is 8.62. The normalized spacial score (nSPS) is 15.6. The summed E-state index contributed by atoms with van der Waals surface area (Å²) in [6.07, 6.45) is 0. The van der Waals surface area contributed by atoms with E-state index in [1.165, 1.54) is 16.9 Å². The molecule has 1 heterocycles. The van der Waals surface area contributed by atoms with E-state index >= 15 is 0 Å². The van der Waals surface area contributed by atoms with E-state index < -0.39 is 5.92 Å². The number of benzene rings is 3. The van der Waals surface area contributed by atoms with Crippen molar-refractivity contribution in [1.29, 1.82) is 0 Å². The standard InChI is InChI=1S/C22H17BrN2O2/c1-15(26)24(18-13-11-17(23)12-14-18)25-20-10-6-5-9-19(20)21(22(25)27)16-7-3-2-4-8-16/h2-14,21H,1H3/t21-/m1/s1. The topological polar surface area (TPSA) is 40.6 Å². The number of carbonyl (C=O) groups is 2. The molecule has 4 nitrogen and oxygen atoms in total. The summed E-state index contributed by atoms with van der Waals surface area (Å²) in [5, 5.41) is 2.94. The highest BCUT2D eigenvalue weighted by Gasteiger charge is 2.42. The van der Waals surface area contributed by atoms with Gasteiger partial charge in [-0.1, -0.05) is 64.5 Å². The van der Waals surface area contributed by atoms with E-state index in [4.69, 9.17) is 0 Å². The number of hydrazine groups is 1. The van der Waals surface area contributed by atoms with Gasteiger partial charge in [0.25, 0.3) is 5.91 Å². The van der Waals surface area contributed by atoms with Crippen LogP contribution < -0.4 is 10.0 Å². The average molecular weight is 421 g/mol. The number of anilines is 2. The first-order chi connectivity index (χ1) is 13.1. The molecule has 0 saturated carbocycles. The third-order valence-electron chi connectivity index (χ3n) is 4.63. The summed E-state index contributed by atoms with van der Waals surface area (Å²) in [7, 11) is 0. The van der Waals surface area contributed by atoms with Gasteiger partial charge < -0.3 is 0 Å². The number of amides is 2. The number of para-hydroxylation sites is 1. The Kier molecular flexibility index (Phi) is 4.54. The van der Waals surface area contributed by atoms with Crippen molar-refractivity contribution in [3.63, 3.8) is 0 Å². The summed E-state index contributed by atoms with van der Waals surface area (Å²) in [6.45, 7) is 1.47. The van der Waals surface area contributed by atoms with Crippen LogP contribution in [-0.4, -0.2) is 11.8 Å². The molecule has 27 heavy (non-hydrogen) atoms. The molecule has 0 aliphatic carbocycles. The molecule has 1 aliphatic rings. The third kappa shape index (κ3) is 3.04. The fourth-order valence-corrected chi connectivity index (χ4v) is 3.76. The zero-order chi connectivity index (χ0) is 19.0. The van der Waals surface area contributed by atoms with Crippen LogP contribution in [-0.2, 0) is 9.59 Å². The van der Waals surface area contributed by atoms with Gasteiger partial charge in [-0.15, -0.1) is 0 Å². The summed E-state index contributed by atoms with van der Waals surface area (Å²) in [4.78, 5) is 26.0. The maximum Gasteiger partial charge on any atom is 0.258 e. The van der Waals surface area contributed by atoms with Gasteiger partial charge in [0.15, 0.2) is 0 Å². The third-order valence-corrected chi connectivity index (χ3v) is 5.16. The first kappa shape index (κ1) is 17.5. The Morgan fingerprint density at radius 1 is 0.926 bits per heavy atom. The number of carbonyl (C=O) groups excluding carboxylic acids is 2. The van der Waals surface area contributed by atoms with E-state index in [0.717, 1.165) is 21.3 Å². The minimum atomic E-state index is -0.431. The highest BCUT2D eigenvalue weighted by Crippen LogP contribution is 2.42. The number of halogens is 1. The molecule has 134 valence electrons. The molecule has 0 radical (unpaired) electrons. The molecule has 0 aromatic heterocycles. The molecular formula is C22H17BrN2O2. The molecule has 0 bridgehead atoms. The van der Waals surface area contributed by atoms with E-state index in [1.54, 1.807) is 0 Å². The van der Waals surface area contributed by atoms with Crippen molar-refractivity contribution < 1.29 is 9.59 Å². The Labute approximate surface area is 166 Å². The lowest BCUT2D eigenvalue weighted by molar-refractivity contribution is -0.122. The smallest absolute Gasteiger partial charge is 0.258 e. The van der Waals surface area contributed by atoms with Crippen molar-refractivity contribution in [1.82, 2.24) is 0 Å². The molecule has 0 fully saturated rings. The van der Waals surface area contributed by atoms with Gasteiger partial charge in [-0.2, -0.15) is 0 Å². The fourth-order valence-electron chi connectivity index (χ4n) is 3.49. The van der Waals surface area contributed by atoms with E-state index in [1.807, 2.05) is 78.9 Å². The van der Waals surface area contributed by atoms with Crippen LogP contribution in [0.2, 0.25) is 0 Å². The van der Waals surface area contributed by atoms with Crippen molar-refractivity contribution in [2.75, 3.05) is 10.0 Å². The molecule has 3 aromatic carbocycles. The zero-order valence-electron chi connectivity index (χ0n) is 14.7. The summed E-state index contributed by atoms with van der Waals surface area (Å²) < 4.78 is 0.907. The van der Waals surface area contributed by atoms with Crippen LogP contribution in [0.4, 0.5) is 11.4 Å². The summed E-state index contributed by atoms with van der Waals surface area (Å²) >= 11 is 3.41. The van der Waals surface area contributed by atoms with Gasteiger partial charge in [-0.05, 0) is 41.5 Å². The van der Waals surface area contributed by atoms with Crippen LogP contribution in [0.1, 0.15) is 24.0 Å². The molecule has 2 amide bonds. The van der Waals surface area contributed by atoms with E-state index in [-0.39, 0.29) is 11.8 Å². The molecule has 1 atom stereocenters. The highest BCUT2D eigenvalue weighted by atomic mass is 79.9. The van der Waals surface area contributed by atoms with E-state index in [0.29, 0.717) is 5.69 Å². The van der Waals surface area contributed by atoms with Crippen LogP contribution >= 0.6 is 15.9 Å². The number of hydrogen-bond donors (Lipinski definition) is 0. The molecule has 0 spiro atoms. The van der Waals surface area contributed by atoms with Crippen molar-refractivity contribution >= 4 is 39.1 Å². The second-order valence-electron chi connectivity index (χ2n) is 6.36. The van der Waals surface area contributed by atoms with Crippen LogP contribution in [0.15, 0.2) is 83.3 Å². The van der Waals surface area contributed by atoms with Crippen LogP contribution in [0.5, 0.6) is 0 Å². The maximum absolute atomic E-state index is 13.5. The van der Waals surface area contributed by atoms with Gasteiger partial charge in [0, 0.05) is 11.4 Å². The fraction of sp³-hybridized carbons (Fsp3) is 0.0909. The Hall–Kier alpha value is -2.92. The molecule has 0 saturated heterocycles. The number of rotatable bonds is 3. The van der Waals surface area contributed by atoms with Crippen molar-refractivity contribution in [2.45, 2.75) is 12.8 Å². The molecular weight excluding hydrogens is 404 g/mol. The van der Waals surface area contributed by atoms with Gasteiger partial charge in [0.2, 0.25) is 5.91 Å². The van der Waals surface area contributed by atoms with Gasteiger partial charge in [-0.3, -0.25) is 9.59 Å². The largest absolute Gasteiger partial charge is 0.273 e. The molecule has 1 aliphatic heterocycles. The monoisotopic (exact) mass is 420 g/mol. The van der Waals surface area contributed by atoms with Gasteiger partial charge >= 0.3 is 0 Å². The minimum Gasteiger partial charge on any atom is -0.273 e. The lowest BCUT2D eigenvalue weighted by Crippen LogP contribution is -2.48. The van der Waals surface area contributed by atoms with Gasteiger partial charge in [0.1, 0.15) is 0 Å². The van der Waals surface area contributed by atoms with Crippen molar-refractivity contribution in [2.24, 2.45) is 0 Å². The Morgan fingerprint density at radius 3 is 2.22 bits per heavy atom. The molecule has 5 heteroatoms. The van der Waals surface area contributed by atoms with Crippen molar-refractivity contribution in [3.05, 3.63) is 94.5 Å². The van der Waals surface area contributed by atoms with Crippen LogP contribution in [0.3, 0.4) is 0 Å². The summed E-state index contributed by atoms with van der Waals surface area (Å²) in [5.74, 6) is -0.797. The highest BCUT2D eigenvalue weighted by molar-refractivity contribution is 9.10. The maximum atomic E-state index is 13.5. The second-order valence-corrected chi connectivity index (χ2v) is 7.28. The van der Waals surface area contributed by atoms with Gasteiger partial charge in [-0.25, -0.2) is 10.0 Å². The van der Waals surface area contributed by atoms with Crippen molar-refractivity contribution in [3.8, 4) is 0 Å². The first-order valence-corrected chi connectivity index (χ1v) is 9.41. The van der Waals surface area contributed by atoms with Crippen LogP contribution in [0, 0.1) is 0 Å². The minimum absolute atomic E-state index is 0.138. The summed E-state index contributed by atoms with van der Waals surface area (Å²) in [5.41, 5.74) is 3.19. The second kappa shape index (κ2) is 7.00. The van der Waals surface area contributed by atoms with E-state index in [9.17, 15) is 9.59 Å². The SMILES string of the molecule is CC(=O)N(c1ccc(Br)cc1)N1C(=O)[C@H](c2ccccc2)c2ccccc21. The molecule has 0 unspecified atom stereocenters. The molecule has 4 rings (SSSR count). The number of nitrogens with zero attached hydrogens (tertiary/aromatic N) is 2. The quantitative estimate of drug-likeness (QED) is 0.604. The number of fused-ring (bicyclic) bond motifs is 1. The average Bonchev–Trinajstić information content (AvgIpc) is 2.96. The van der Waals surface area contributed by atoms with Gasteiger partial charge in [0.05, 0.1) is 17.3 Å². The molecule has 0 N–H and O–H groups in total. The Bertz CT molecular complexity index is 1000. The zero-order valence-corrected chi connectivity index (χ0v) is 16.3.